The van der Waals surface area contributed by atoms with Crippen LogP contribution in [0.5, 0.6) is 5.75 Å². The van der Waals surface area contributed by atoms with Crippen LogP contribution < -0.4 is 10.1 Å². The fourth-order valence-electron chi connectivity index (χ4n) is 2.09. The van der Waals surface area contributed by atoms with Gasteiger partial charge in [0, 0.05) is 12.1 Å². The third kappa shape index (κ3) is 4.84. The first-order valence-electron chi connectivity index (χ1n) is 7.66. The summed E-state index contributed by atoms with van der Waals surface area (Å²) in [5.74, 6) is 1.30. The molecule has 7 heteroatoms. The van der Waals surface area contributed by atoms with Gasteiger partial charge in [-0.15, -0.1) is 10.2 Å². The summed E-state index contributed by atoms with van der Waals surface area (Å²) in [5, 5.41) is 11.2. The number of carbonyl (C=O) groups excluding carboxylic acids is 1. The highest BCUT2D eigenvalue weighted by molar-refractivity contribution is 7.99. The topological polar surface area (TPSA) is 77.2 Å². The van der Waals surface area contributed by atoms with Gasteiger partial charge in [0.2, 0.25) is 11.8 Å². The van der Waals surface area contributed by atoms with Gasteiger partial charge in [-0.05, 0) is 29.8 Å². The normalized spacial score (nSPS) is 10.4. The Kier molecular flexibility index (Phi) is 5.69. The van der Waals surface area contributed by atoms with Crippen molar-refractivity contribution in [2.75, 3.05) is 12.9 Å². The number of hydrogen-bond acceptors (Lipinski definition) is 6. The molecule has 128 valence electrons. The van der Waals surface area contributed by atoms with Crippen molar-refractivity contribution >= 4 is 17.7 Å². The predicted molar refractivity (Wildman–Crippen MR) is 95.3 cm³/mol. The first kappa shape index (κ1) is 17.0. The second kappa shape index (κ2) is 8.34. The molecule has 0 aliphatic heterocycles. The van der Waals surface area contributed by atoms with Crippen molar-refractivity contribution in [3.8, 4) is 17.2 Å². The number of carbonyl (C=O) groups is 1. The lowest BCUT2D eigenvalue weighted by molar-refractivity contribution is -0.118. The number of benzene rings is 2. The molecule has 1 N–H and O–H groups in total. The van der Waals surface area contributed by atoms with Gasteiger partial charge < -0.3 is 14.5 Å². The molecule has 0 aliphatic rings. The Morgan fingerprint density at radius 3 is 2.60 bits per heavy atom. The first-order valence-corrected chi connectivity index (χ1v) is 8.64. The lowest BCUT2D eigenvalue weighted by atomic mass is 10.2. The maximum atomic E-state index is 11.9. The zero-order chi connectivity index (χ0) is 17.5. The molecular formula is C18H17N3O3S. The Morgan fingerprint density at radius 2 is 1.88 bits per heavy atom. The molecule has 0 spiro atoms. The summed E-state index contributed by atoms with van der Waals surface area (Å²) in [7, 11) is 1.61. The summed E-state index contributed by atoms with van der Waals surface area (Å²) in [6.07, 6.45) is 0. The van der Waals surface area contributed by atoms with E-state index < -0.39 is 0 Å². The van der Waals surface area contributed by atoms with E-state index in [1.807, 2.05) is 54.6 Å². The van der Waals surface area contributed by atoms with Gasteiger partial charge in [0.25, 0.3) is 5.22 Å². The summed E-state index contributed by atoms with van der Waals surface area (Å²) < 4.78 is 10.7. The lowest BCUT2D eigenvalue weighted by Gasteiger charge is -2.03. The predicted octanol–water partition coefficient (Wildman–Crippen LogP) is 3.15. The average Bonchev–Trinajstić information content (AvgIpc) is 3.14. The van der Waals surface area contributed by atoms with Crippen molar-refractivity contribution in [3.05, 3.63) is 60.2 Å². The van der Waals surface area contributed by atoms with Crippen LogP contribution in [0.15, 0.2) is 64.2 Å². The molecule has 0 unspecified atom stereocenters. The summed E-state index contributed by atoms with van der Waals surface area (Å²) in [4.78, 5) is 11.9. The SMILES string of the molecule is COc1ccc(-c2nnc(SCC(=O)NCc3ccccc3)o2)cc1. The van der Waals surface area contributed by atoms with Crippen LogP contribution in [0.4, 0.5) is 0 Å². The maximum absolute atomic E-state index is 11.9. The molecule has 0 radical (unpaired) electrons. The van der Waals surface area contributed by atoms with Crippen LogP contribution in [0.2, 0.25) is 0 Å². The molecule has 25 heavy (non-hydrogen) atoms. The van der Waals surface area contributed by atoms with Crippen molar-refractivity contribution < 1.29 is 13.9 Å². The van der Waals surface area contributed by atoms with E-state index in [1.54, 1.807) is 7.11 Å². The largest absolute Gasteiger partial charge is 0.497 e. The number of aromatic nitrogens is 2. The summed E-state index contributed by atoms with van der Waals surface area (Å²) in [6.45, 7) is 0.501. The molecule has 3 rings (SSSR count). The van der Waals surface area contributed by atoms with E-state index in [2.05, 4.69) is 15.5 Å². The first-order chi connectivity index (χ1) is 12.2. The van der Waals surface area contributed by atoms with Gasteiger partial charge in [-0.25, -0.2) is 0 Å². The van der Waals surface area contributed by atoms with E-state index in [9.17, 15) is 4.79 Å². The zero-order valence-corrected chi connectivity index (χ0v) is 14.5. The van der Waals surface area contributed by atoms with E-state index in [1.165, 1.54) is 11.8 Å². The van der Waals surface area contributed by atoms with Gasteiger partial charge in [0.15, 0.2) is 0 Å². The number of thioether (sulfide) groups is 1. The van der Waals surface area contributed by atoms with Crippen LogP contribution in [-0.2, 0) is 11.3 Å². The Labute approximate surface area is 149 Å². The Balaban J connectivity index is 1.50. The number of nitrogens with zero attached hydrogens (tertiary/aromatic N) is 2. The van der Waals surface area contributed by atoms with Crippen LogP contribution in [-0.4, -0.2) is 29.0 Å². The standard InChI is InChI=1S/C18H17N3O3S/c1-23-15-9-7-14(8-10-15)17-20-21-18(24-17)25-12-16(22)19-11-13-5-3-2-4-6-13/h2-10H,11-12H2,1H3,(H,19,22). The highest BCUT2D eigenvalue weighted by atomic mass is 32.2. The van der Waals surface area contributed by atoms with E-state index >= 15 is 0 Å². The fraction of sp³-hybridized carbons (Fsp3) is 0.167. The minimum Gasteiger partial charge on any atom is -0.497 e. The lowest BCUT2D eigenvalue weighted by Crippen LogP contribution is -2.24. The third-order valence-corrected chi connectivity index (χ3v) is 4.22. The molecule has 0 bridgehead atoms. The minimum atomic E-state index is -0.0851. The molecule has 0 saturated carbocycles. The zero-order valence-electron chi connectivity index (χ0n) is 13.6. The van der Waals surface area contributed by atoms with Crippen LogP contribution in [0.25, 0.3) is 11.5 Å². The van der Waals surface area contributed by atoms with Crippen LogP contribution in [0.3, 0.4) is 0 Å². The quantitative estimate of drug-likeness (QED) is 0.656. The third-order valence-electron chi connectivity index (χ3n) is 3.40. The number of hydrogen-bond donors (Lipinski definition) is 1. The molecule has 0 aliphatic carbocycles. The van der Waals surface area contributed by atoms with Crippen molar-refractivity contribution in [2.24, 2.45) is 0 Å². The van der Waals surface area contributed by atoms with Crippen LogP contribution >= 0.6 is 11.8 Å². The molecule has 3 aromatic rings. The van der Waals surface area contributed by atoms with Crippen LogP contribution in [0, 0.1) is 0 Å². The number of nitrogens with one attached hydrogen (secondary N) is 1. The molecule has 1 heterocycles. The fourth-order valence-corrected chi connectivity index (χ4v) is 2.69. The summed E-state index contributed by atoms with van der Waals surface area (Å²) in [6, 6.07) is 17.1. The van der Waals surface area contributed by atoms with Gasteiger partial charge in [-0.3, -0.25) is 4.79 Å². The number of rotatable bonds is 7. The molecule has 0 saturated heterocycles. The van der Waals surface area contributed by atoms with E-state index in [-0.39, 0.29) is 11.7 Å². The molecule has 2 aromatic carbocycles. The van der Waals surface area contributed by atoms with Gasteiger partial charge in [0.05, 0.1) is 12.9 Å². The van der Waals surface area contributed by atoms with Crippen molar-refractivity contribution in [1.29, 1.82) is 0 Å². The Bertz CT molecular complexity index is 819. The summed E-state index contributed by atoms with van der Waals surface area (Å²) in [5.41, 5.74) is 1.86. The minimum absolute atomic E-state index is 0.0851. The Hall–Kier alpha value is -2.80. The highest BCUT2D eigenvalue weighted by Gasteiger charge is 2.11. The summed E-state index contributed by atoms with van der Waals surface area (Å²) >= 11 is 1.21. The maximum Gasteiger partial charge on any atom is 0.277 e. The van der Waals surface area contributed by atoms with Gasteiger partial charge in [-0.1, -0.05) is 42.1 Å². The van der Waals surface area contributed by atoms with Crippen LogP contribution in [0.1, 0.15) is 5.56 Å². The monoisotopic (exact) mass is 355 g/mol. The van der Waals surface area contributed by atoms with Crippen molar-refractivity contribution in [3.63, 3.8) is 0 Å². The smallest absolute Gasteiger partial charge is 0.277 e. The molecule has 0 fully saturated rings. The molecule has 1 aromatic heterocycles. The molecular weight excluding hydrogens is 338 g/mol. The molecule has 6 nitrogen and oxygen atoms in total. The second-order valence-corrected chi connectivity index (χ2v) is 6.08. The van der Waals surface area contributed by atoms with Gasteiger partial charge in [0.1, 0.15) is 5.75 Å². The van der Waals surface area contributed by atoms with E-state index in [0.29, 0.717) is 17.7 Å². The highest BCUT2D eigenvalue weighted by Crippen LogP contribution is 2.24. The Morgan fingerprint density at radius 1 is 1.12 bits per heavy atom. The number of amides is 1. The molecule has 1 amide bonds. The average molecular weight is 355 g/mol. The number of methoxy groups -OCH3 is 1. The van der Waals surface area contributed by atoms with Crippen molar-refractivity contribution in [1.82, 2.24) is 15.5 Å². The second-order valence-electron chi connectivity index (χ2n) is 5.15. The van der Waals surface area contributed by atoms with E-state index in [0.717, 1.165) is 16.9 Å². The van der Waals surface area contributed by atoms with Gasteiger partial charge >= 0.3 is 0 Å². The number of ether oxygens (including phenoxy) is 1. The van der Waals surface area contributed by atoms with E-state index in [4.69, 9.17) is 9.15 Å². The molecule has 0 atom stereocenters. The van der Waals surface area contributed by atoms with Gasteiger partial charge in [-0.2, -0.15) is 0 Å². The van der Waals surface area contributed by atoms with Crippen molar-refractivity contribution in [2.45, 2.75) is 11.8 Å².